The topological polar surface area (TPSA) is 49.2 Å². The zero-order valence-electron chi connectivity index (χ0n) is 10.9. The van der Waals surface area contributed by atoms with Crippen molar-refractivity contribution in [3.8, 4) is 6.07 Å². The molecular weight excluding hydrogens is 318 g/mol. The monoisotopic (exact) mass is 331 g/mol. The van der Waals surface area contributed by atoms with Crippen molar-refractivity contribution in [3.63, 3.8) is 0 Å². The first-order valence-electron chi connectivity index (χ1n) is 6.56. The number of hydrogen-bond donors (Lipinski definition) is 0. The van der Waals surface area contributed by atoms with Gasteiger partial charge < -0.3 is 4.74 Å². The normalized spacial score (nSPS) is 17.8. The van der Waals surface area contributed by atoms with Gasteiger partial charge in [0.25, 0.3) is 0 Å². The van der Waals surface area contributed by atoms with E-state index in [1.807, 2.05) is 24.3 Å². The minimum absolute atomic E-state index is 0.274. The number of nitrogens with zero attached hydrogens (tertiary/aromatic N) is 3. The number of ether oxygens (including phenoxy) is 1. The van der Waals surface area contributed by atoms with Crippen LogP contribution in [0.4, 0.5) is 0 Å². The second kappa shape index (κ2) is 5.88. The summed E-state index contributed by atoms with van der Waals surface area (Å²) in [5, 5.41) is 10.6. The zero-order valence-corrected chi connectivity index (χ0v) is 12.5. The van der Waals surface area contributed by atoms with Crippen LogP contribution in [0.25, 0.3) is 10.9 Å². The van der Waals surface area contributed by atoms with Gasteiger partial charge in [-0.3, -0.25) is 9.88 Å². The Hall–Kier alpha value is -1.48. The number of pyridine rings is 1. The summed E-state index contributed by atoms with van der Waals surface area (Å²) in [7, 11) is 0. The highest BCUT2D eigenvalue weighted by Crippen LogP contribution is 2.31. The highest BCUT2D eigenvalue weighted by Gasteiger charge is 2.24. The number of nitriles is 1. The summed E-state index contributed by atoms with van der Waals surface area (Å²) in [6, 6.07) is 10.0. The molecule has 1 fully saturated rings. The van der Waals surface area contributed by atoms with Crippen molar-refractivity contribution in [2.75, 3.05) is 26.3 Å². The fraction of sp³-hybridized carbons (Fsp3) is 0.333. The number of halogens is 1. The Labute approximate surface area is 126 Å². The Morgan fingerprint density at radius 3 is 2.85 bits per heavy atom. The fourth-order valence-electron chi connectivity index (χ4n) is 2.56. The lowest BCUT2D eigenvalue weighted by atomic mass is 10.0. The van der Waals surface area contributed by atoms with Gasteiger partial charge >= 0.3 is 0 Å². The average molecular weight is 332 g/mol. The summed E-state index contributed by atoms with van der Waals surface area (Å²) in [6.07, 6.45) is 1.77. The Kier molecular flexibility index (Phi) is 3.97. The first-order chi connectivity index (χ1) is 9.81. The summed E-state index contributed by atoms with van der Waals surface area (Å²) in [5.74, 6) is 0. The van der Waals surface area contributed by atoms with Crippen LogP contribution in [0, 0.1) is 11.3 Å². The van der Waals surface area contributed by atoms with Crippen molar-refractivity contribution in [3.05, 3.63) is 40.5 Å². The Morgan fingerprint density at radius 1 is 1.30 bits per heavy atom. The second-order valence-electron chi connectivity index (χ2n) is 4.72. The van der Waals surface area contributed by atoms with E-state index < -0.39 is 0 Å². The summed E-state index contributed by atoms with van der Waals surface area (Å²) < 4.78 is 6.37. The van der Waals surface area contributed by atoms with Gasteiger partial charge in [-0.2, -0.15) is 5.26 Å². The summed E-state index contributed by atoms with van der Waals surface area (Å²) in [4.78, 5) is 6.62. The van der Waals surface area contributed by atoms with Crippen LogP contribution in [0.5, 0.6) is 0 Å². The molecule has 2 aromatic rings. The Morgan fingerprint density at radius 2 is 2.10 bits per heavy atom. The van der Waals surface area contributed by atoms with Gasteiger partial charge in [0, 0.05) is 34.7 Å². The number of aromatic nitrogens is 1. The van der Waals surface area contributed by atoms with Crippen molar-refractivity contribution in [1.82, 2.24) is 9.88 Å². The minimum atomic E-state index is -0.274. The highest BCUT2D eigenvalue weighted by atomic mass is 79.9. The molecule has 20 heavy (non-hydrogen) atoms. The first-order valence-corrected chi connectivity index (χ1v) is 7.35. The molecule has 0 spiro atoms. The Balaban J connectivity index is 2.08. The van der Waals surface area contributed by atoms with Crippen LogP contribution in [-0.4, -0.2) is 36.2 Å². The molecule has 0 bridgehead atoms. The number of benzene rings is 1. The lowest BCUT2D eigenvalue weighted by Gasteiger charge is -2.31. The van der Waals surface area contributed by atoms with Crippen molar-refractivity contribution < 1.29 is 4.74 Å². The SMILES string of the molecule is N#CC(c1ccc(Br)c2cccnc12)N1CCOCC1. The fourth-order valence-corrected chi connectivity index (χ4v) is 3.02. The van der Waals surface area contributed by atoms with E-state index in [0.717, 1.165) is 34.0 Å². The molecule has 0 saturated carbocycles. The van der Waals surface area contributed by atoms with Gasteiger partial charge in [0.05, 0.1) is 24.8 Å². The van der Waals surface area contributed by atoms with Gasteiger partial charge in [0.1, 0.15) is 6.04 Å². The van der Waals surface area contributed by atoms with Crippen LogP contribution in [0.2, 0.25) is 0 Å². The molecule has 3 rings (SSSR count). The van der Waals surface area contributed by atoms with E-state index in [4.69, 9.17) is 4.74 Å². The van der Waals surface area contributed by atoms with Crippen LogP contribution in [-0.2, 0) is 4.74 Å². The van der Waals surface area contributed by atoms with Crippen molar-refractivity contribution >= 4 is 26.8 Å². The van der Waals surface area contributed by atoms with Crippen LogP contribution >= 0.6 is 15.9 Å². The van der Waals surface area contributed by atoms with Gasteiger partial charge in [-0.15, -0.1) is 0 Å². The molecule has 1 atom stereocenters. The van der Waals surface area contributed by atoms with E-state index in [2.05, 4.69) is 31.9 Å². The molecule has 2 heterocycles. The van der Waals surface area contributed by atoms with Crippen LogP contribution < -0.4 is 0 Å². The second-order valence-corrected chi connectivity index (χ2v) is 5.57. The number of morpholine rings is 1. The van der Waals surface area contributed by atoms with E-state index in [9.17, 15) is 5.26 Å². The van der Waals surface area contributed by atoms with E-state index >= 15 is 0 Å². The molecule has 1 unspecified atom stereocenters. The number of fused-ring (bicyclic) bond motifs is 1. The van der Waals surface area contributed by atoms with E-state index in [1.54, 1.807) is 6.20 Å². The summed E-state index contributed by atoms with van der Waals surface area (Å²) >= 11 is 3.54. The molecule has 0 amide bonds. The van der Waals surface area contributed by atoms with Gasteiger partial charge in [0.15, 0.2) is 0 Å². The maximum atomic E-state index is 9.59. The maximum absolute atomic E-state index is 9.59. The first kappa shape index (κ1) is 13.5. The largest absolute Gasteiger partial charge is 0.379 e. The van der Waals surface area contributed by atoms with Gasteiger partial charge in [-0.1, -0.05) is 28.1 Å². The zero-order chi connectivity index (χ0) is 13.9. The molecule has 1 aromatic heterocycles. The molecule has 1 aromatic carbocycles. The molecule has 5 heteroatoms. The molecule has 1 aliphatic heterocycles. The van der Waals surface area contributed by atoms with Gasteiger partial charge in [-0.25, -0.2) is 0 Å². The minimum Gasteiger partial charge on any atom is -0.379 e. The van der Waals surface area contributed by atoms with Gasteiger partial charge in [-0.05, 0) is 12.1 Å². The van der Waals surface area contributed by atoms with Crippen LogP contribution in [0.15, 0.2) is 34.9 Å². The third-order valence-electron chi connectivity index (χ3n) is 3.58. The van der Waals surface area contributed by atoms with Crippen LogP contribution in [0.3, 0.4) is 0 Å². The van der Waals surface area contributed by atoms with Crippen molar-refractivity contribution in [2.45, 2.75) is 6.04 Å². The van der Waals surface area contributed by atoms with E-state index in [-0.39, 0.29) is 6.04 Å². The van der Waals surface area contributed by atoms with Crippen molar-refractivity contribution in [2.24, 2.45) is 0 Å². The number of rotatable bonds is 2. The predicted octanol–water partition coefficient (Wildman–Crippen LogP) is 2.89. The summed E-state index contributed by atoms with van der Waals surface area (Å²) in [6.45, 7) is 2.92. The highest BCUT2D eigenvalue weighted by molar-refractivity contribution is 9.10. The molecule has 1 saturated heterocycles. The average Bonchev–Trinajstić information content (AvgIpc) is 2.52. The smallest absolute Gasteiger partial charge is 0.126 e. The standard InChI is InChI=1S/C15H14BrN3O/c16-13-4-3-12(15-11(13)2-1-5-18-15)14(10-17)19-6-8-20-9-7-19/h1-5,14H,6-9H2. The Bertz CT molecular complexity index is 662. The molecule has 0 radical (unpaired) electrons. The third kappa shape index (κ3) is 2.42. The predicted molar refractivity (Wildman–Crippen MR) is 80.2 cm³/mol. The third-order valence-corrected chi connectivity index (χ3v) is 4.27. The quantitative estimate of drug-likeness (QED) is 0.848. The lowest BCUT2D eigenvalue weighted by molar-refractivity contribution is 0.0268. The molecule has 4 nitrogen and oxygen atoms in total. The molecule has 0 N–H and O–H groups in total. The summed E-state index contributed by atoms with van der Waals surface area (Å²) in [5.41, 5.74) is 1.85. The van der Waals surface area contributed by atoms with E-state index in [0.29, 0.717) is 13.2 Å². The molecule has 102 valence electrons. The number of hydrogen-bond acceptors (Lipinski definition) is 4. The molecular formula is C15H14BrN3O. The van der Waals surface area contributed by atoms with E-state index in [1.165, 1.54) is 0 Å². The molecule has 0 aliphatic carbocycles. The lowest BCUT2D eigenvalue weighted by Crippen LogP contribution is -2.38. The maximum Gasteiger partial charge on any atom is 0.126 e. The van der Waals surface area contributed by atoms with Gasteiger partial charge in [0.2, 0.25) is 0 Å². The van der Waals surface area contributed by atoms with Crippen molar-refractivity contribution in [1.29, 1.82) is 5.26 Å². The molecule has 1 aliphatic rings. The van der Waals surface area contributed by atoms with Crippen LogP contribution in [0.1, 0.15) is 11.6 Å².